The summed E-state index contributed by atoms with van der Waals surface area (Å²) in [4.78, 5) is 0. The number of hydrogen-bond acceptors (Lipinski definition) is 2. The first-order valence-corrected chi connectivity index (χ1v) is 5.06. The van der Waals surface area contributed by atoms with Crippen molar-refractivity contribution in [3.63, 3.8) is 0 Å². The number of allylic oxidation sites excluding steroid dienone is 1. The molecule has 1 N–H and O–H groups in total. The van der Waals surface area contributed by atoms with E-state index in [0.717, 1.165) is 18.1 Å². The van der Waals surface area contributed by atoms with Crippen molar-refractivity contribution in [2.45, 2.75) is 33.7 Å². The second-order valence-electron chi connectivity index (χ2n) is 3.57. The summed E-state index contributed by atoms with van der Waals surface area (Å²) in [6.07, 6.45) is 4.16. The van der Waals surface area contributed by atoms with E-state index in [0.29, 0.717) is 6.04 Å². The molecule has 1 unspecified atom stereocenters. The van der Waals surface area contributed by atoms with Crippen molar-refractivity contribution in [3.05, 3.63) is 35.3 Å². The molecule has 0 spiro atoms. The highest BCUT2D eigenvalue weighted by Gasteiger charge is 2.10. The van der Waals surface area contributed by atoms with Crippen LogP contribution in [0.1, 0.15) is 37.0 Å². The maximum absolute atomic E-state index is 5.48. The van der Waals surface area contributed by atoms with Gasteiger partial charge in [0.15, 0.2) is 0 Å². The molecule has 0 radical (unpaired) electrons. The molecule has 0 aliphatic carbocycles. The summed E-state index contributed by atoms with van der Waals surface area (Å²) >= 11 is 0. The molecule has 0 bridgehead atoms. The Balaban J connectivity index is 2.59. The van der Waals surface area contributed by atoms with Gasteiger partial charge in [-0.3, -0.25) is 0 Å². The van der Waals surface area contributed by atoms with Crippen molar-refractivity contribution in [1.29, 1.82) is 0 Å². The zero-order valence-corrected chi connectivity index (χ0v) is 9.42. The summed E-state index contributed by atoms with van der Waals surface area (Å²) in [6.45, 7) is 9.08. The molecule has 0 saturated heterocycles. The summed E-state index contributed by atoms with van der Waals surface area (Å²) in [5.41, 5.74) is 1.26. The maximum Gasteiger partial charge on any atom is 0.105 e. The van der Waals surface area contributed by atoms with Crippen LogP contribution in [0.5, 0.6) is 0 Å². The molecule has 0 saturated carbocycles. The van der Waals surface area contributed by atoms with E-state index >= 15 is 0 Å². The zero-order valence-electron chi connectivity index (χ0n) is 9.42. The third kappa shape index (κ3) is 2.74. The summed E-state index contributed by atoms with van der Waals surface area (Å²) in [7, 11) is 0. The Hall–Kier alpha value is -1.02. The van der Waals surface area contributed by atoms with Gasteiger partial charge in [-0.1, -0.05) is 12.2 Å². The highest BCUT2D eigenvalue weighted by Crippen LogP contribution is 2.20. The fraction of sp³-hybridized carbons (Fsp3) is 0.500. The van der Waals surface area contributed by atoms with Crippen molar-refractivity contribution in [2.24, 2.45) is 0 Å². The third-order valence-corrected chi connectivity index (χ3v) is 2.32. The molecule has 14 heavy (non-hydrogen) atoms. The summed E-state index contributed by atoms with van der Waals surface area (Å²) in [5, 5.41) is 3.41. The van der Waals surface area contributed by atoms with E-state index in [1.54, 1.807) is 0 Å². The van der Waals surface area contributed by atoms with Crippen molar-refractivity contribution >= 4 is 0 Å². The van der Waals surface area contributed by atoms with Crippen LogP contribution < -0.4 is 5.32 Å². The van der Waals surface area contributed by atoms with Crippen LogP contribution in [0, 0.1) is 13.8 Å². The van der Waals surface area contributed by atoms with Crippen LogP contribution in [0.3, 0.4) is 0 Å². The average molecular weight is 193 g/mol. The fourth-order valence-corrected chi connectivity index (χ4v) is 1.55. The second-order valence-corrected chi connectivity index (χ2v) is 3.57. The van der Waals surface area contributed by atoms with Gasteiger partial charge in [-0.25, -0.2) is 0 Å². The fourth-order valence-electron chi connectivity index (χ4n) is 1.55. The van der Waals surface area contributed by atoms with Gasteiger partial charge in [0.1, 0.15) is 11.5 Å². The largest absolute Gasteiger partial charge is 0.466 e. The van der Waals surface area contributed by atoms with E-state index in [1.165, 1.54) is 5.56 Å². The number of aryl methyl sites for hydroxylation is 2. The zero-order chi connectivity index (χ0) is 10.6. The molecule has 1 rings (SSSR count). The first kappa shape index (κ1) is 11.1. The lowest BCUT2D eigenvalue weighted by Gasteiger charge is -2.10. The van der Waals surface area contributed by atoms with Crippen molar-refractivity contribution < 1.29 is 4.42 Å². The van der Waals surface area contributed by atoms with E-state index in [4.69, 9.17) is 4.42 Å². The van der Waals surface area contributed by atoms with Crippen LogP contribution in [0.2, 0.25) is 0 Å². The average Bonchev–Trinajstić information content (AvgIpc) is 2.45. The van der Waals surface area contributed by atoms with E-state index in [-0.39, 0.29) is 0 Å². The second kappa shape index (κ2) is 5.01. The SMILES string of the molecule is C/C=C/CNC(C)c1cc(C)oc1C. The maximum atomic E-state index is 5.48. The number of rotatable bonds is 4. The van der Waals surface area contributed by atoms with E-state index in [1.807, 2.05) is 26.8 Å². The summed E-state index contributed by atoms with van der Waals surface area (Å²) in [5.74, 6) is 2.00. The van der Waals surface area contributed by atoms with Crippen molar-refractivity contribution in [1.82, 2.24) is 5.32 Å². The van der Waals surface area contributed by atoms with Crippen LogP contribution in [0.15, 0.2) is 22.6 Å². The molecule has 78 valence electrons. The molecular weight excluding hydrogens is 174 g/mol. The Labute approximate surface area is 86.0 Å². The number of hydrogen-bond donors (Lipinski definition) is 1. The van der Waals surface area contributed by atoms with Crippen LogP contribution in [-0.4, -0.2) is 6.54 Å². The van der Waals surface area contributed by atoms with Gasteiger partial charge in [0, 0.05) is 18.2 Å². The van der Waals surface area contributed by atoms with Crippen LogP contribution in [0.4, 0.5) is 0 Å². The minimum Gasteiger partial charge on any atom is -0.466 e. The standard InChI is InChI=1S/C12H19NO/c1-5-6-7-13-10(3)12-8-9(2)14-11(12)4/h5-6,8,10,13H,7H2,1-4H3/b6-5+. The molecule has 0 amide bonds. The van der Waals surface area contributed by atoms with Gasteiger partial charge in [0.2, 0.25) is 0 Å². The molecule has 1 aromatic heterocycles. The third-order valence-electron chi connectivity index (χ3n) is 2.32. The Morgan fingerprint density at radius 2 is 2.21 bits per heavy atom. The first-order chi connectivity index (χ1) is 6.65. The summed E-state index contributed by atoms with van der Waals surface area (Å²) in [6, 6.07) is 2.45. The molecule has 1 heterocycles. The lowest BCUT2D eigenvalue weighted by atomic mass is 10.1. The van der Waals surface area contributed by atoms with E-state index in [9.17, 15) is 0 Å². The Morgan fingerprint density at radius 1 is 1.50 bits per heavy atom. The van der Waals surface area contributed by atoms with Crippen LogP contribution in [-0.2, 0) is 0 Å². The van der Waals surface area contributed by atoms with Gasteiger partial charge in [-0.2, -0.15) is 0 Å². The lowest BCUT2D eigenvalue weighted by Crippen LogP contribution is -2.18. The predicted octanol–water partition coefficient (Wildman–Crippen LogP) is 3.12. The monoisotopic (exact) mass is 193 g/mol. The summed E-state index contributed by atoms with van der Waals surface area (Å²) < 4.78 is 5.48. The number of furan rings is 1. The highest BCUT2D eigenvalue weighted by molar-refractivity contribution is 5.23. The van der Waals surface area contributed by atoms with Crippen LogP contribution in [0.25, 0.3) is 0 Å². The van der Waals surface area contributed by atoms with Crippen molar-refractivity contribution in [3.8, 4) is 0 Å². The minimum absolute atomic E-state index is 0.351. The molecule has 2 nitrogen and oxygen atoms in total. The topological polar surface area (TPSA) is 25.2 Å². The quantitative estimate of drug-likeness (QED) is 0.743. The highest BCUT2D eigenvalue weighted by atomic mass is 16.3. The number of nitrogens with one attached hydrogen (secondary N) is 1. The minimum atomic E-state index is 0.351. The molecule has 0 fully saturated rings. The van der Waals surface area contributed by atoms with Gasteiger partial charge in [0.25, 0.3) is 0 Å². The van der Waals surface area contributed by atoms with Gasteiger partial charge in [-0.05, 0) is 33.8 Å². The molecule has 0 aliphatic heterocycles. The molecule has 1 atom stereocenters. The Morgan fingerprint density at radius 3 is 2.71 bits per heavy atom. The van der Waals surface area contributed by atoms with Gasteiger partial charge < -0.3 is 9.73 Å². The van der Waals surface area contributed by atoms with Gasteiger partial charge in [-0.15, -0.1) is 0 Å². The molecule has 1 aromatic rings. The molecule has 0 aromatic carbocycles. The molecule has 2 heteroatoms. The smallest absolute Gasteiger partial charge is 0.105 e. The lowest BCUT2D eigenvalue weighted by molar-refractivity contribution is 0.493. The Kier molecular flexibility index (Phi) is 3.96. The van der Waals surface area contributed by atoms with Crippen molar-refractivity contribution in [2.75, 3.05) is 6.54 Å². The van der Waals surface area contributed by atoms with Gasteiger partial charge >= 0.3 is 0 Å². The Bertz CT molecular complexity index is 312. The van der Waals surface area contributed by atoms with E-state index in [2.05, 4.69) is 24.4 Å². The molecule has 0 aliphatic rings. The normalized spacial score (nSPS) is 13.7. The first-order valence-electron chi connectivity index (χ1n) is 5.06. The van der Waals surface area contributed by atoms with E-state index < -0.39 is 0 Å². The van der Waals surface area contributed by atoms with Crippen LogP contribution >= 0.6 is 0 Å². The predicted molar refractivity (Wildman–Crippen MR) is 59.4 cm³/mol. The molecular formula is C12H19NO. The van der Waals surface area contributed by atoms with Gasteiger partial charge in [0.05, 0.1) is 0 Å².